The van der Waals surface area contributed by atoms with E-state index >= 15 is 0 Å². The van der Waals surface area contributed by atoms with E-state index in [2.05, 4.69) is 25.1 Å². The van der Waals surface area contributed by atoms with Crippen LogP contribution in [0.25, 0.3) is 0 Å². The molecule has 0 radical (unpaired) electrons. The van der Waals surface area contributed by atoms with Crippen LogP contribution >= 0.6 is 0 Å². The van der Waals surface area contributed by atoms with Gasteiger partial charge in [0.25, 0.3) is 0 Å². The molecule has 0 saturated heterocycles. The van der Waals surface area contributed by atoms with Gasteiger partial charge in [0.15, 0.2) is 0 Å². The molecule has 4 rings (SSSR count). The Morgan fingerprint density at radius 3 is 2.79 bits per heavy atom. The lowest BCUT2D eigenvalue weighted by molar-refractivity contribution is -0.0487. The van der Waals surface area contributed by atoms with E-state index < -0.39 is 0 Å². The molecule has 0 heterocycles. The van der Waals surface area contributed by atoms with E-state index in [-0.39, 0.29) is 6.10 Å². The van der Waals surface area contributed by atoms with E-state index in [0.717, 1.165) is 37.0 Å². The third kappa shape index (κ3) is 2.30. The number of aliphatic hydroxyl groups is 1. The monoisotopic (exact) mass is 331 g/mol. The molecule has 3 nitrogen and oxygen atoms in total. The minimum atomic E-state index is -0.108. The summed E-state index contributed by atoms with van der Waals surface area (Å²) in [5, 5.41) is 22.2. The van der Waals surface area contributed by atoms with Gasteiger partial charge < -0.3 is 10.3 Å². The molecule has 3 heteroatoms. The Balaban J connectivity index is 1.60. The third-order valence-corrected chi connectivity index (χ3v) is 8.75. The molecular formula is C21H33NO2. The minimum Gasteiger partial charge on any atom is -0.411 e. The molecule has 0 aromatic heterocycles. The number of hydrogen-bond donors (Lipinski definition) is 2. The zero-order chi connectivity index (χ0) is 16.9. The summed E-state index contributed by atoms with van der Waals surface area (Å²) in [6.07, 6.45) is 14.7. The van der Waals surface area contributed by atoms with Crippen LogP contribution in [0.4, 0.5) is 0 Å². The molecule has 0 aromatic carbocycles. The Kier molecular flexibility index (Phi) is 4.06. The first-order valence-electron chi connectivity index (χ1n) is 10.0. The molecule has 3 fully saturated rings. The summed E-state index contributed by atoms with van der Waals surface area (Å²) in [7, 11) is 0. The van der Waals surface area contributed by atoms with Gasteiger partial charge in [0, 0.05) is 6.21 Å². The average Bonchev–Trinajstić information content (AvgIpc) is 2.90. The van der Waals surface area contributed by atoms with Crippen molar-refractivity contribution in [1.82, 2.24) is 0 Å². The average molecular weight is 332 g/mol. The molecule has 0 aromatic rings. The number of aliphatic hydroxyl groups excluding tert-OH is 1. The van der Waals surface area contributed by atoms with Gasteiger partial charge in [-0.1, -0.05) is 25.5 Å². The first-order valence-corrected chi connectivity index (χ1v) is 10.0. The number of hydrogen-bond acceptors (Lipinski definition) is 3. The maximum absolute atomic E-state index is 10.1. The van der Waals surface area contributed by atoms with E-state index in [1.54, 1.807) is 11.8 Å². The molecule has 7 unspecified atom stereocenters. The van der Waals surface area contributed by atoms with Crippen LogP contribution < -0.4 is 0 Å². The Morgan fingerprint density at radius 1 is 1.17 bits per heavy atom. The summed E-state index contributed by atoms with van der Waals surface area (Å²) in [4.78, 5) is 0. The highest BCUT2D eigenvalue weighted by atomic mass is 16.4. The summed E-state index contributed by atoms with van der Waals surface area (Å²) in [5.41, 5.74) is 2.33. The van der Waals surface area contributed by atoms with Crippen molar-refractivity contribution in [2.45, 2.75) is 77.7 Å². The SMILES string of the molecule is CC12CCC(O)CC1=CCC1C2CCC2(C)C(C/C=N/O)CCC12. The second kappa shape index (κ2) is 5.86. The minimum absolute atomic E-state index is 0.108. The van der Waals surface area contributed by atoms with Gasteiger partial charge in [-0.05, 0) is 92.3 Å². The quantitative estimate of drug-likeness (QED) is 0.331. The van der Waals surface area contributed by atoms with Crippen LogP contribution in [0.1, 0.15) is 71.6 Å². The highest BCUT2D eigenvalue weighted by Gasteiger charge is 2.58. The molecule has 3 saturated carbocycles. The Hall–Kier alpha value is -0.830. The summed E-state index contributed by atoms with van der Waals surface area (Å²) in [6, 6.07) is 0. The number of oxime groups is 1. The molecule has 2 N–H and O–H groups in total. The summed E-state index contributed by atoms with van der Waals surface area (Å²) in [6.45, 7) is 5.01. The van der Waals surface area contributed by atoms with Crippen molar-refractivity contribution in [2.24, 2.45) is 39.7 Å². The standard InChI is InChI=1S/C21H33NO2/c1-20-11-8-19-17(18(20)6-4-14(20)9-12-22-24)5-3-15-13-16(23)7-10-21(15,19)2/h3,12,14,16-19,23-24H,4-11,13H2,1-2H3/b22-12+. The van der Waals surface area contributed by atoms with Crippen molar-refractivity contribution < 1.29 is 10.3 Å². The van der Waals surface area contributed by atoms with Gasteiger partial charge in [0.05, 0.1) is 6.10 Å². The fourth-order valence-corrected chi connectivity index (χ4v) is 7.31. The van der Waals surface area contributed by atoms with Gasteiger partial charge in [-0.3, -0.25) is 0 Å². The van der Waals surface area contributed by atoms with E-state index in [9.17, 15) is 5.11 Å². The van der Waals surface area contributed by atoms with Crippen molar-refractivity contribution >= 4 is 6.21 Å². The zero-order valence-electron chi connectivity index (χ0n) is 15.2. The largest absolute Gasteiger partial charge is 0.411 e. The highest BCUT2D eigenvalue weighted by Crippen LogP contribution is 2.66. The van der Waals surface area contributed by atoms with Crippen LogP contribution in [0, 0.1) is 34.5 Å². The summed E-state index contributed by atoms with van der Waals surface area (Å²) in [5.74, 6) is 3.15. The number of fused-ring (bicyclic) bond motifs is 5. The Labute approximate surface area is 146 Å². The second-order valence-electron chi connectivity index (χ2n) is 9.51. The van der Waals surface area contributed by atoms with Crippen LogP contribution in [0.5, 0.6) is 0 Å². The number of rotatable bonds is 2. The van der Waals surface area contributed by atoms with Gasteiger partial charge in [-0.15, -0.1) is 5.16 Å². The van der Waals surface area contributed by atoms with E-state index in [1.807, 2.05) is 0 Å². The maximum Gasteiger partial charge on any atom is 0.0577 e. The lowest BCUT2D eigenvalue weighted by Gasteiger charge is -2.58. The number of nitrogens with zero attached hydrogens (tertiary/aromatic N) is 1. The third-order valence-electron chi connectivity index (χ3n) is 8.75. The molecule has 24 heavy (non-hydrogen) atoms. The van der Waals surface area contributed by atoms with Crippen molar-refractivity contribution in [1.29, 1.82) is 0 Å². The van der Waals surface area contributed by atoms with Crippen LogP contribution in [-0.2, 0) is 0 Å². The van der Waals surface area contributed by atoms with Gasteiger partial charge in [-0.25, -0.2) is 0 Å². The van der Waals surface area contributed by atoms with Crippen LogP contribution in [-0.4, -0.2) is 22.6 Å². The fraction of sp³-hybridized carbons (Fsp3) is 0.857. The van der Waals surface area contributed by atoms with Gasteiger partial charge >= 0.3 is 0 Å². The molecule has 4 aliphatic rings. The molecule has 134 valence electrons. The van der Waals surface area contributed by atoms with Crippen molar-refractivity contribution in [3.8, 4) is 0 Å². The Morgan fingerprint density at radius 2 is 2.00 bits per heavy atom. The van der Waals surface area contributed by atoms with E-state index in [0.29, 0.717) is 16.7 Å². The van der Waals surface area contributed by atoms with Gasteiger partial charge in [0.2, 0.25) is 0 Å². The molecule has 0 aliphatic heterocycles. The first kappa shape index (κ1) is 16.6. The Bertz CT molecular complexity index is 556. The number of allylic oxidation sites excluding steroid dienone is 1. The van der Waals surface area contributed by atoms with Crippen LogP contribution in [0.3, 0.4) is 0 Å². The smallest absolute Gasteiger partial charge is 0.0577 e. The molecule has 0 amide bonds. The lowest BCUT2D eigenvalue weighted by atomic mass is 9.47. The maximum atomic E-state index is 10.1. The van der Waals surface area contributed by atoms with Crippen molar-refractivity contribution in [3.63, 3.8) is 0 Å². The summed E-state index contributed by atoms with van der Waals surface area (Å²) < 4.78 is 0. The molecule has 4 aliphatic carbocycles. The highest BCUT2D eigenvalue weighted by molar-refractivity contribution is 5.56. The van der Waals surface area contributed by atoms with Crippen molar-refractivity contribution in [3.05, 3.63) is 11.6 Å². The topological polar surface area (TPSA) is 52.8 Å². The normalized spacial score (nSPS) is 51.0. The molecule has 0 bridgehead atoms. The van der Waals surface area contributed by atoms with E-state index in [4.69, 9.17) is 5.21 Å². The molecule has 0 spiro atoms. The predicted molar refractivity (Wildman–Crippen MR) is 96.1 cm³/mol. The van der Waals surface area contributed by atoms with Crippen LogP contribution in [0.2, 0.25) is 0 Å². The fourth-order valence-electron chi connectivity index (χ4n) is 7.31. The lowest BCUT2D eigenvalue weighted by Crippen LogP contribution is -2.50. The van der Waals surface area contributed by atoms with Gasteiger partial charge in [0.1, 0.15) is 0 Å². The molecule has 7 atom stereocenters. The zero-order valence-corrected chi connectivity index (χ0v) is 15.2. The van der Waals surface area contributed by atoms with E-state index in [1.165, 1.54) is 38.5 Å². The molecular weight excluding hydrogens is 298 g/mol. The predicted octanol–water partition coefficient (Wildman–Crippen LogP) is 4.78. The first-order chi connectivity index (χ1) is 11.5. The summed E-state index contributed by atoms with van der Waals surface area (Å²) >= 11 is 0. The van der Waals surface area contributed by atoms with Gasteiger partial charge in [-0.2, -0.15) is 0 Å². The van der Waals surface area contributed by atoms with Crippen molar-refractivity contribution in [2.75, 3.05) is 0 Å². The van der Waals surface area contributed by atoms with Crippen LogP contribution in [0.15, 0.2) is 16.8 Å². The second-order valence-corrected chi connectivity index (χ2v) is 9.51.